The molecule has 2 aliphatic heterocycles. The largest absolute Gasteiger partial charge is 0.481 e. The molecule has 20 heavy (non-hydrogen) atoms. The van der Waals surface area contributed by atoms with Gasteiger partial charge in [-0.05, 0) is 38.5 Å². The van der Waals surface area contributed by atoms with E-state index < -0.39 is 5.97 Å². The number of hydrogen-bond acceptors (Lipinski definition) is 5. The topological polar surface area (TPSA) is 85.5 Å². The second-order valence-electron chi connectivity index (χ2n) is 6.25. The Kier molecular flexibility index (Phi) is 2.80. The quantitative estimate of drug-likeness (QED) is 0.911. The van der Waals surface area contributed by atoms with Crippen LogP contribution in [-0.4, -0.2) is 33.4 Å². The molecule has 5 atom stereocenters. The van der Waals surface area contributed by atoms with Crippen molar-refractivity contribution in [3.05, 3.63) is 11.7 Å². The minimum atomic E-state index is -0.714. The summed E-state index contributed by atoms with van der Waals surface area (Å²) < 4.78 is 11.2. The van der Waals surface area contributed by atoms with Crippen molar-refractivity contribution >= 4 is 5.97 Å². The maximum atomic E-state index is 11.0. The van der Waals surface area contributed by atoms with Crippen molar-refractivity contribution in [3.63, 3.8) is 0 Å². The third kappa shape index (κ3) is 1.93. The third-order valence-electron chi connectivity index (χ3n) is 5.03. The first-order valence-electron chi connectivity index (χ1n) is 7.42. The molecule has 1 aliphatic carbocycles. The van der Waals surface area contributed by atoms with Crippen LogP contribution in [0.2, 0.25) is 0 Å². The van der Waals surface area contributed by atoms with E-state index in [1.165, 1.54) is 0 Å². The van der Waals surface area contributed by atoms with Crippen molar-refractivity contribution in [1.29, 1.82) is 0 Å². The van der Waals surface area contributed by atoms with Crippen LogP contribution in [0, 0.1) is 5.92 Å². The molecule has 6 heteroatoms. The first-order valence-corrected chi connectivity index (χ1v) is 7.42. The number of hydrogen-bond donors (Lipinski definition) is 1. The highest BCUT2D eigenvalue weighted by atomic mass is 16.5. The van der Waals surface area contributed by atoms with Crippen molar-refractivity contribution in [2.45, 2.75) is 62.6 Å². The van der Waals surface area contributed by atoms with Gasteiger partial charge in [0, 0.05) is 5.92 Å². The van der Waals surface area contributed by atoms with Gasteiger partial charge in [-0.15, -0.1) is 0 Å². The van der Waals surface area contributed by atoms with Crippen LogP contribution in [0.4, 0.5) is 0 Å². The summed E-state index contributed by atoms with van der Waals surface area (Å²) in [4.78, 5) is 15.5. The van der Waals surface area contributed by atoms with E-state index in [0.29, 0.717) is 24.8 Å². The molecule has 3 aliphatic rings. The van der Waals surface area contributed by atoms with Gasteiger partial charge in [-0.25, -0.2) is 0 Å². The SMILES string of the molecule is O=C(O)C1CCC(c2nc(C3CC4CCC3O4)no2)C1. The number of aliphatic carboxylic acids is 1. The predicted molar refractivity (Wildman–Crippen MR) is 67.3 cm³/mol. The third-order valence-corrected chi connectivity index (χ3v) is 5.03. The van der Waals surface area contributed by atoms with Crippen molar-refractivity contribution < 1.29 is 19.2 Å². The summed E-state index contributed by atoms with van der Waals surface area (Å²) in [7, 11) is 0. The maximum absolute atomic E-state index is 11.0. The van der Waals surface area contributed by atoms with Crippen molar-refractivity contribution in [2.24, 2.45) is 5.92 Å². The van der Waals surface area contributed by atoms with E-state index in [-0.39, 0.29) is 23.9 Å². The minimum absolute atomic E-state index is 0.108. The van der Waals surface area contributed by atoms with Gasteiger partial charge in [0.05, 0.1) is 24.0 Å². The van der Waals surface area contributed by atoms with E-state index in [2.05, 4.69) is 10.1 Å². The van der Waals surface area contributed by atoms with E-state index in [0.717, 1.165) is 31.5 Å². The van der Waals surface area contributed by atoms with Crippen LogP contribution in [0.1, 0.15) is 62.1 Å². The van der Waals surface area contributed by atoms with Crippen LogP contribution in [0.15, 0.2) is 4.52 Å². The van der Waals surface area contributed by atoms with Gasteiger partial charge in [0.1, 0.15) is 0 Å². The Hall–Kier alpha value is -1.43. The first-order chi connectivity index (χ1) is 9.70. The van der Waals surface area contributed by atoms with Crippen LogP contribution in [0.5, 0.6) is 0 Å². The zero-order chi connectivity index (χ0) is 13.7. The smallest absolute Gasteiger partial charge is 0.306 e. The number of fused-ring (bicyclic) bond motifs is 2. The summed E-state index contributed by atoms with van der Waals surface area (Å²) in [5.41, 5.74) is 0. The fraction of sp³-hybridized carbons (Fsp3) is 0.786. The molecule has 1 aromatic heterocycles. The standard InChI is InChI=1S/C14H18N2O4/c17-14(18)8-2-1-7(5-8)13-15-12(16-20-13)10-6-9-3-4-11(10)19-9/h7-11H,1-6H2,(H,17,18). The summed E-state index contributed by atoms with van der Waals surface area (Å²) in [6, 6.07) is 0. The molecular formula is C14H18N2O4. The Balaban J connectivity index is 1.47. The molecule has 0 amide bonds. The Morgan fingerprint density at radius 3 is 2.75 bits per heavy atom. The number of carboxylic acids is 1. The number of aromatic nitrogens is 2. The Morgan fingerprint density at radius 1 is 1.20 bits per heavy atom. The zero-order valence-corrected chi connectivity index (χ0v) is 11.2. The van der Waals surface area contributed by atoms with Crippen LogP contribution >= 0.6 is 0 Å². The molecule has 3 fully saturated rings. The summed E-state index contributed by atoms with van der Waals surface area (Å²) in [6.45, 7) is 0. The van der Waals surface area contributed by atoms with E-state index >= 15 is 0 Å². The second kappa shape index (κ2) is 4.55. The van der Waals surface area contributed by atoms with E-state index in [1.54, 1.807) is 0 Å². The Labute approximate surface area is 116 Å². The molecule has 1 saturated carbocycles. The molecule has 1 aromatic rings. The van der Waals surface area contributed by atoms with Gasteiger partial charge in [0.25, 0.3) is 0 Å². The Morgan fingerprint density at radius 2 is 2.10 bits per heavy atom. The number of nitrogens with zero attached hydrogens (tertiary/aromatic N) is 2. The predicted octanol–water partition coefficient (Wildman–Crippen LogP) is 2.07. The lowest BCUT2D eigenvalue weighted by molar-refractivity contribution is -0.141. The number of carboxylic acid groups (broad SMARTS) is 1. The fourth-order valence-corrected chi connectivity index (χ4v) is 3.90. The summed E-state index contributed by atoms with van der Waals surface area (Å²) in [5.74, 6) is 0.771. The molecule has 6 nitrogen and oxygen atoms in total. The lowest BCUT2D eigenvalue weighted by Gasteiger charge is -2.13. The lowest BCUT2D eigenvalue weighted by atomic mass is 9.89. The summed E-state index contributed by atoms with van der Waals surface area (Å²) in [6.07, 6.45) is 5.99. The Bertz CT molecular complexity index is 529. The fourth-order valence-electron chi connectivity index (χ4n) is 3.90. The van der Waals surface area contributed by atoms with Gasteiger partial charge in [0.2, 0.25) is 5.89 Å². The number of carbonyl (C=O) groups is 1. The average Bonchev–Trinajstić information content (AvgIpc) is 3.20. The van der Waals surface area contributed by atoms with Crippen LogP contribution in [0.25, 0.3) is 0 Å². The molecular weight excluding hydrogens is 260 g/mol. The van der Waals surface area contributed by atoms with Crippen molar-refractivity contribution in [2.75, 3.05) is 0 Å². The highest BCUT2D eigenvalue weighted by molar-refractivity contribution is 5.70. The van der Waals surface area contributed by atoms with Crippen LogP contribution < -0.4 is 0 Å². The molecule has 108 valence electrons. The van der Waals surface area contributed by atoms with Gasteiger partial charge >= 0.3 is 5.97 Å². The maximum Gasteiger partial charge on any atom is 0.306 e. The number of ether oxygens (including phenoxy) is 1. The molecule has 2 bridgehead atoms. The molecule has 5 unspecified atom stereocenters. The van der Waals surface area contributed by atoms with E-state index in [4.69, 9.17) is 14.4 Å². The van der Waals surface area contributed by atoms with E-state index in [1.807, 2.05) is 0 Å². The van der Waals surface area contributed by atoms with Crippen molar-refractivity contribution in [3.8, 4) is 0 Å². The zero-order valence-electron chi connectivity index (χ0n) is 11.2. The lowest BCUT2D eigenvalue weighted by Crippen LogP contribution is -2.15. The molecule has 2 saturated heterocycles. The van der Waals surface area contributed by atoms with Crippen LogP contribution in [0.3, 0.4) is 0 Å². The van der Waals surface area contributed by atoms with Gasteiger partial charge in [-0.2, -0.15) is 4.98 Å². The molecule has 4 rings (SSSR count). The van der Waals surface area contributed by atoms with Gasteiger partial charge < -0.3 is 14.4 Å². The van der Waals surface area contributed by atoms with Crippen molar-refractivity contribution in [1.82, 2.24) is 10.1 Å². The molecule has 0 radical (unpaired) electrons. The first kappa shape index (κ1) is 12.3. The monoisotopic (exact) mass is 278 g/mol. The molecule has 1 N–H and O–H groups in total. The molecule has 3 heterocycles. The van der Waals surface area contributed by atoms with Gasteiger partial charge in [-0.3, -0.25) is 4.79 Å². The summed E-state index contributed by atoms with van der Waals surface area (Å²) in [5, 5.41) is 13.2. The van der Waals surface area contributed by atoms with Gasteiger partial charge in [-0.1, -0.05) is 5.16 Å². The summed E-state index contributed by atoms with van der Waals surface area (Å²) >= 11 is 0. The average molecular weight is 278 g/mol. The van der Waals surface area contributed by atoms with E-state index in [9.17, 15) is 4.79 Å². The van der Waals surface area contributed by atoms with Crippen LogP contribution in [-0.2, 0) is 9.53 Å². The highest BCUT2D eigenvalue weighted by Crippen LogP contribution is 2.44. The second-order valence-corrected chi connectivity index (χ2v) is 6.25. The number of rotatable bonds is 3. The molecule has 0 spiro atoms. The highest BCUT2D eigenvalue weighted by Gasteiger charge is 2.44. The van der Waals surface area contributed by atoms with Gasteiger partial charge in [0.15, 0.2) is 5.82 Å². The molecule has 0 aromatic carbocycles. The minimum Gasteiger partial charge on any atom is -0.481 e. The normalized spacial score (nSPS) is 39.5.